The predicted molar refractivity (Wildman–Crippen MR) is 128 cm³/mol. The number of anilines is 1. The van der Waals surface area contributed by atoms with Crippen molar-refractivity contribution in [3.63, 3.8) is 0 Å². The van der Waals surface area contributed by atoms with E-state index >= 15 is 0 Å². The van der Waals surface area contributed by atoms with Gasteiger partial charge in [-0.3, -0.25) is 4.79 Å². The molecule has 6 heteroatoms. The number of ether oxygens (including phenoxy) is 2. The molecular weight excluding hydrogens is 416 g/mol. The maximum Gasteiger partial charge on any atom is 0.338 e. The summed E-state index contributed by atoms with van der Waals surface area (Å²) in [5.74, 6) is -0.239. The van der Waals surface area contributed by atoms with Crippen LogP contribution < -0.4 is 10.1 Å². The first kappa shape index (κ1) is 22.0. The lowest BCUT2D eigenvalue weighted by molar-refractivity contribution is -0.118. The molecule has 0 radical (unpaired) electrons. The second-order valence-corrected chi connectivity index (χ2v) is 7.48. The van der Waals surface area contributed by atoms with E-state index < -0.39 is 5.97 Å². The zero-order valence-electron chi connectivity index (χ0n) is 18.5. The van der Waals surface area contributed by atoms with E-state index in [1.54, 1.807) is 31.2 Å². The number of fused-ring (bicyclic) bond motifs is 1. The molecule has 0 bridgehead atoms. The topological polar surface area (TPSA) is 77.5 Å². The van der Waals surface area contributed by atoms with E-state index in [1.165, 1.54) is 0 Å². The van der Waals surface area contributed by atoms with E-state index in [0.717, 1.165) is 16.8 Å². The van der Waals surface area contributed by atoms with Gasteiger partial charge in [0.2, 0.25) is 0 Å². The second kappa shape index (κ2) is 9.96. The van der Waals surface area contributed by atoms with E-state index in [1.807, 2.05) is 61.5 Å². The third-order valence-corrected chi connectivity index (χ3v) is 5.13. The van der Waals surface area contributed by atoms with Crippen LogP contribution in [0.1, 0.15) is 22.8 Å². The normalized spacial score (nSPS) is 10.6. The minimum atomic E-state index is -0.421. The second-order valence-electron chi connectivity index (χ2n) is 7.48. The number of aryl methyl sites for hydroxylation is 1. The molecule has 0 fully saturated rings. The van der Waals surface area contributed by atoms with Crippen LogP contribution in [0.15, 0.2) is 78.9 Å². The molecule has 6 nitrogen and oxygen atoms in total. The van der Waals surface area contributed by atoms with Gasteiger partial charge in [0.15, 0.2) is 6.61 Å². The molecule has 0 aliphatic heterocycles. The van der Waals surface area contributed by atoms with Gasteiger partial charge in [-0.1, -0.05) is 48.5 Å². The number of hydrogen-bond acceptors (Lipinski definition) is 5. The van der Waals surface area contributed by atoms with Crippen LogP contribution in [-0.2, 0) is 9.53 Å². The molecule has 1 heterocycles. The Morgan fingerprint density at radius 3 is 2.45 bits per heavy atom. The standard InChI is InChI=1S/C27H24N2O4/c1-3-32-27(31)20-13-14-23-21(15-20)25(16-24(28-23)19-10-5-4-6-11-19)33-17-26(30)29-22-12-8-7-9-18(22)2/h4-16H,3,17H2,1-2H3,(H,29,30). The maximum absolute atomic E-state index is 12.6. The van der Waals surface area contributed by atoms with Crippen LogP contribution in [0.4, 0.5) is 5.69 Å². The van der Waals surface area contributed by atoms with Gasteiger partial charge in [-0.05, 0) is 43.7 Å². The van der Waals surface area contributed by atoms with Crippen molar-refractivity contribution in [1.82, 2.24) is 4.98 Å². The molecule has 166 valence electrons. The van der Waals surface area contributed by atoms with Crippen molar-refractivity contribution < 1.29 is 19.1 Å². The van der Waals surface area contributed by atoms with Gasteiger partial charge in [-0.2, -0.15) is 0 Å². The lowest BCUT2D eigenvalue weighted by Crippen LogP contribution is -2.20. The molecule has 0 spiro atoms. The van der Waals surface area contributed by atoms with Gasteiger partial charge >= 0.3 is 5.97 Å². The van der Waals surface area contributed by atoms with Crippen LogP contribution in [0, 0.1) is 6.92 Å². The first-order chi connectivity index (χ1) is 16.0. The minimum absolute atomic E-state index is 0.189. The number of para-hydroxylation sites is 1. The minimum Gasteiger partial charge on any atom is -0.483 e. The molecule has 3 aromatic carbocycles. The Morgan fingerprint density at radius 2 is 1.70 bits per heavy atom. The number of pyridine rings is 1. The average molecular weight is 440 g/mol. The monoisotopic (exact) mass is 440 g/mol. The third-order valence-electron chi connectivity index (χ3n) is 5.13. The number of carbonyl (C=O) groups is 2. The number of benzene rings is 3. The molecule has 33 heavy (non-hydrogen) atoms. The third kappa shape index (κ3) is 5.18. The highest BCUT2D eigenvalue weighted by Crippen LogP contribution is 2.31. The molecule has 0 saturated carbocycles. The van der Waals surface area contributed by atoms with E-state index in [0.29, 0.717) is 27.9 Å². The van der Waals surface area contributed by atoms with Gasteiger partial charge in [0.25, 0.3) is 5.91 Å². The van der Waals surface area contributed by atoms with Gasteiger partial charge in [-0.25, -0.2) is 9.78 Å². The molecular formula is C27H24N2O4. The summed E-state index contributed by atoms with van der Waals surface area (Å²) < 4.78 is 11.1. The van der Waals surface area contributed by atoms with Crippen molar-refractivity contribution in [2.75, 3.05) is 18.5 Å². The van der Waals surface area contributed by atoms with E-state index in [9.17, 15) is 9.59 Å². The first-order valence-electron chi connectivity index (χ1n) is 10.7. The van der Waals surface area contributed by atoms with Crippen LogP contribution in [0.25, 0.3) is 22.2 Å². The van der Waals surface area contributed by atoms with Crippen molar-refractivity contribution in [3.8, 4) is 17.0 Å². The molecule has 0 atom stereocenters. The average Bonchev–Trinajstić information content (AvgIpc) is 2.84. The summed E-state index contributed by atoms with van der Waals surface area (Å²) in [5.41, 5.74) is 4.38. The van der Waals surface area contributed by atoms with Crippen LogP contribution in [0.3, 0.4) is 0 Å². The highest BCUT2D eigenvalue weighted by atomic mass is 16.5. The molecule has 0 saturated heterocycles. The molecule has 4 aromatic rings. The number of hydrogen-bond donors (Lipinski definition) is 1. The molecule has 1 N–H and O–H groups in total. The van der Waals surface area contributed by atoms with Crippen LogP contribution in [-0.4, -0.2) is 30.1 Å². The smallest absolute Gasteiger partial charge is 0.338 e. The Labute approximate surface area is 192 Å². The molecule has 0 unspecified atom stereocenters. The summed E-state index contributed by atoms with van der Waals surface area (Å²) in [5, 5.41) is 3.50. The van der Waals surface area contributed by atoms with E-state index in [-0.39, 0.29) is 19.1 Å². The lowest BCUT2D eigenvalue weighted by atomic mass is 10.1. The Kier molecular flexibility index (Phi) is 6.64. The zero-order valence-corrected chi connectivity index (χ0v) is 18.5. The number of nitrogens with zero attached hydrogens (tertiary/aromatic N) is 1. The summed E-state index contributed by atoms with van der Waals surface area (Å²) in [6, 6.07) is 24.2. The SMILES string of the molecule is CCOC(=O)c1ccc2nc(-c3ccccc3)cc(OCC(=O)Nc3ccccc3C)c2c1. The van der Waals surface area contributed by atoms with Crippen molar-refractivity contribution in [2.24, 2.45) is 0 Å². The summed E-state index contributed by atoms with van der Waals surface area (Å²) in [6.07, 6.45) is 0. The number of aromatic nitrogens is 1. The quantitative estimate of drug-likeness (QED) is 0.389. The molecule has 1 aromatic heterocycles. The van der Waals surface area contributed by atoms with Crippen molar-refractivity contribution in [2.45, 2.75) is 13.8 Å². The fourth-order valence-corrected chi connectivity index (χ4v) is 3.46. The van der Waals surface area contributed by atoms with Gasteiger partial charge < -0.3 is 14.8 Å². The largest absolute Gasteiger partial charge is 0.483 e. The fourth-order valence-electron chi connectivity index (χ4n) is 3.46. The van der Waals surface area contributed by atoms with Gasteiger partial charge in [0.1, 0.15) is 5.75 Å². The summed E-state index contributed by atoms with van der Waals surface area (Å²) in [6.45, 7) is 3.78. The lowest BCUT2D eigenvalue weighted by Gasteiger charge is -2.13. The summed E-state index contributed by atoms with van der Waals surface area (Å²) >= 11 is 0. The van der Waals surface area contributed by atoms with Crippen LogP contribution in [0.2, 0.25) is 0 Å². The number of amides is 1. The van der Waals surface area contributed by atoms with Crippen LogP contribution in [0.5, 0.6) is 5.75 Å². The summed E-state index contributed by atoms with van der Waals surface area (Å²) in [7, 11) is 0. The van der Waals surface area contributed by atoms with Gasteiger partial charge in [-0.15, -0.1) is 0 Å². The maximum atomic E-state index is 12.6. The number of esters is 1. The molecule has 0 aliphatic carbocycles. The highest BCUT2D eigenvalue weighted by Gasteiger charge is 2.14. The Bertz CT molecular complexity index is 1300. The highest BCUT2D eigenvalue weighted by molar-refractivity contribution is 5.97. The number of carbonyl (C=O) groups excluding carboxylic acids is 2. The zero-order chi connectivity index (χ0) is 23.2. The summed E-state index contributed by atoms with van der Waals surface area (Å²) in [4.78, 5) is 29.5. The first-order valence-corrected chi connectivity index (χ1v) is 10.7. The predicted octanol–water partition coefficient (Wildman–Crippen LogP) is 5.40. The fraction of sp³-hybridized carbons (Fsp3) is 0.148. The van der Waals surface area contributed by atoms with E-state index in [2.05, 4.69) is 5.32 Å². The Morgan fingerprint density at radius 1 is 0.939 bits per heavy atom. The van der Waals surface area contributed by atoms with Crippen molar-refractivity contribution >= 4 is 28.5 Å². The molecule has 4 rings (SSSR count). The van der Waals surface area contributed by atoms with Crippen molar-refractivity contribution in [1.29, 1.82) is 0 Å². The Balaban J connectivity index is 1.67. The number of rotatable bonds is 7. The Hall–Kier alpha value is -4.19. The van der Waals surface area contributed by atoms with Gasteiger partial charge in [0, 0.05) is 22.7 Å². The van der Waals surface area contributed by atoms with Crippen molar-refractivity contribution in [3.05, 3.63) is 90.0 Å². The van der Waals surface area contributed by atoms with Crippen LogP contribution >= 0.6 is 0 Å². The number of nitrogens with one attached hydrogen (secondary N) is 1. The molecule has 0 aliphatic rings. The van der Waals surface area contributed by atoms with Gasteiger partial charge in [0.05, 0.1) is 23.4 Å². The van der Waals surface area contributed by atoms with E-state index in [4.69, 9.17) is 14.5 Å². The molecule has 1 amide bonds.